The Bertz CT molecular complexity index is 390. The summed E-state index contributed by atoms with van der Waals surface area (Å²) >= 11 is 0. The topological polar surface area (TPSA) is 49.8 Å². The Labute approximate surface area is 95.5 Å². The van der Waals surface area contributed by atoms with Gasteiger partial charge in [0.2, 0.25) is 0 Å². The van der Waals surface area contributed by atoms with E-state index in [0.717, 1.165) is 17.0 Å². The third kappa shape index (κ3) is 2.45. The highest BCUT2D eigenvalue weighted by molar-refractivity contribution is 5.77. The molecule has 0 radical (unpaired) electrons. The quantitative estimate of drug-likeness (QED) is 0.847. The standard InChI is InChI=1S/C12H17NO3/c1-8-7-10(5-6-11(8)16-4)13(3)9(2)12(14)15/h5-7,9H,1-4H3,(H,14,15)/t9-/m0/s1. The summed E-state index contributed by atoms with van der Waals surface area (Å²) in [5.74, 6) is -0.0314. The number of aliphatic carboxylic acids is 1. The van der Waals surface area contributed by atoms with Gasteiger partial charge in [0, 0.05) is 12.7 Å². The average molecular weight is 223 g/mol. The SMILES string of the molecule is COc1ccc(N(C)[C@@H](C)C(=O)O)cc1C. The summed E-state index contributed by atoms with van der Waals surface area (Å²) < 4.78 is 5.15. The molecule has 0 heterocycles. The lowest BCUT2D eigenvalue weighted by atomic mass is 10.1. The van der Waals surface area contributed by atoms with Gasteiger partial charge in [-0.1, -0.05) is 0 Å². The predicted molar refractivity (Wildman–Crippen MR) is 63.2 cm³/mol. The van der Waals surface area contributed by atoms with E-state index in [0.29, 0.717) is 0 Å². The molecule has 1 rings (SSSR count). The van der Waals surface area contributed by atoms with Crippen LogP contribution in [0, 0.1) is 6.92 Å². The molecule has 0 amide bonds. The van der Waals surface area contributed by atoms with Crippen molar-refractivity contribution in [3.05, 3.63) is 23.8 Å². The first-order chi connectivity index (χ1) is 7.47. The van der Waals surface area contributed by atoms with E-state index < -0.39 is 12.0 Å². The van der Waals surface area contributed by atoms with Gasteiger partial charge >= 0.3 is 5.97 Å². The number of carboxylic acids is 1. The van der Waals surface area contributed by atoms with Gasteiger partial charge in [-0.25, -0.2) is 4.79 Å². The van der Waals surface area contributed by atoms with Gasteiger partial charge in [0.1, 0.15) is 11.8 Å². The summed E-state index contributed by atoms with van der Waals surface area (Å²) in [6, 6.07) is 5.06. The second-order valence-electron chi connectivity index (χ2n) is 3.78. The number of carbonyl (C=O) groups is 1. The molecule has 0 aliphatic rings. The smallest absolute Gasteiger partial charge is 0.326 e. The summed E-state index contributed by atoms with van der Waals surface area (Å²) in [4.78, 5) is 12.6. The van der Waals surface area contributed by atoms with Crippen LogP contribution in [0.5, 0.6) is 5.75 Å². The van der Waals surface area contributed by atoms with Crippen LogP contribution in [0.4, 0.5) is 5.69 Å². The van der Waals surface area contributed by atoms with E-state index in [9.17, 15) is 4.79 Å². The fourth-order valence-electron chi connectivity index (χ4n) is 1.47. The van der Waals surface area contributed by atoms with Gasteiger partial charge in [-0.15, -0.1) is 0 Å². The van der Waals surface area contributed by atoms with Crippen molar-refractivity contribution in [3.8, 4) is 5.75 Å². The number of hydrogen-bond donors (Lipinski definition) is 1. The Kier molecular flexibility index (Phi) is 3.77. The highest BCUT2D eigenvalue weighted by Crippen LogP contribution is 2.24. The van der Waals surface area contributed by atoms with Gasteiger partial charge in [-0.05, 0) is 37.6 Å². The van der Waals surface area contributed by atoms with Crippen LogP contribution in [0.2, 0.25) is 0 Å². The van der Waals surface area contributed by atoms with E-state index in [1.54, 1.807) is 26.0 Å². The van der Waals surface area contributed by atoms with Crippen molar-refractivity contribution in [1.82, 2.24) is 0 Å². The molecule has 16 heavy (non-hydrogen) atoms. The largest absolute Gasteiger partial charge is 0.496 e. The van der Waals surface area contributed by atoms with E-state index in [4.69, 9.17) is 9.84 Å². The molecule has 4 nitrogen and oxygen atoms in total. The number of benzene rings is 1. The number of likely N-dealkylation sites (N-methyl/N-ethyl adjacent to an activating group) is 1. The number of methoxy groups -OCH3 is 1. The zero-order valence-corrected chi connectivity index (χ0v) is 10.0. The van der Waals surface area contributed by atoms with Crippen LogP contribution in [0.25, 0.3) is 0 Å². The van der Waals surface area contributed by atoms with Crippen LogP contribution >= 0.6 is 0 Å². The molecule has 0 bridgehead atoms. The zero-order valence-electron chi connectivity index (χ0n) is 10.0. The molecule has 88 valence electrons. The molecule has 0 fully saturated rings. The fourth-order valence-corrected chi connectivity index (χ4v) is 1.47. The van der Waals surface area contributed by atoms with Crippen LogP contribution in [0.1, 0.15) is 12.5 Å². The minimum atomic E-state index is -0.837. The number of carboxylic acid groups (broad SMARTS) is 1. The number of nitrogens with zero attached hydrogens (tertiary/aromatic N) is 1. The summed E-state index contributed by atoms with van der Waals surface area (Å²) in [6.07, 6.45) is 0. The Morgan fingerprint density at radius 2 is 2.12 bits per heavy atom. The van der Waals surface area contributed by atoms with Gasteiger partial charge in [-0.3, -0.25) is 0 Å². The Morgan fingerprint density at radius 1 is 1.50 bits per heavy atom. The molecule has 1 aromatic carbocycles. The Morgan fingerprint density at radius 3 is 2.56 bits per heavy atom. The molecule has 0 aliphatic heterocycles. The van der Waals surface area contributed by atoms with E-state index in [1.807, 2.05) is 25.1 Å². The molecule has 1 aromatic rings. The van der Waals surface area contributed by atoms with Gasteiger partial charge in [0.25, 0.3) is 0 Å². The first kappa shape index (κ1) is 12.4. The van der Waals surface area contributed by atoms with Gasteiger partial charge < -0.3 is 14.7 Å². The first-order valence-electron chi connectivity index (χ1n) is 5.07. The summed E-state index contributed by atoms with van der Waals surface area (Å²) in [7, 11) is 3.38. The second-order valence-corrected chi connectivity index (χ2v) is 3.78. The molecule has 0 saturated carbocycles. The molecular formula is C12H17NO3. The molecular weight excluding hydrogens is 206 g/mol. The predicted octanol–water partition coefficient (Wildman–Crippen LogP) is 1.91. The number of anilines is 1. The third-order valence-electron chi connectivity index (χ3n) is 2.72. The van der Waals surface area contributed by atoms with Crippen molar-refractivity contribution in [1.29, 1.82) is 0 Å². The van der Waals surface area contributed by atoms with Crippen LogP contribution < -0.4 is 9.64 Å². The maximum Gasteiger partial charge on any atom is 0.326 e. The fraction of sp³-hybridized carbons (Fsp3) is 0.417. The highest BCUT2D eigenvalue weighted by Gasteiger charge is 2.17. The van der Waals surface area contributed by atoms with Crippen molar-refractivity contribution < 1.29 is 14.6 Å². The van der Waals surface area contributed by atoms with Crippen molar-refractivity contribution >= 4 is 11.7 Å². The van der Waals surface area contributed by atoms with Crippen molar-refractivity contribution in [3.63, 3.8) is 0 Å². The molecule has 0 saturated heterocycles. The zero-order chi connectivity index (χ0) is 12.3. The maximum absolute atomic E-state index is 10.9. The van der Waals surface area contributed by atoms with E-state index in [2.05, 4.69) is 0 Å². The lowest BCUT2D eigenvalue weighted by molar-refractivity contribution is -0.138. The van der Waals surface area contributed by atoms with E-state index in [-0.39, 0.29) is 0 Å². The normalized spacial score (nSPS) is 12.0. The molecule has 0 spiro atoms. The second kappa shape index (κ2) is 4.88. The van der Waals surface area contributed by atoms with Crippen LogP contribution in [0.3, 0.4) is 0 Å². The molecule has 0 unspecified atom stereocenters. The lowest BCUT2D eigenvalue weighted by Crippen LogP contribution is -2.35. The maximum atomic E-state index is 10.9. The Balaban J connectivity index is 2.97. The molecule has 1 N–H and O–H groups in total. The number of aryl methyl sites for hydroxylation is 1. The van der Waals surface area contributed by atoms with Gasteiger partial charge in [-0.2, -0.15) is 0 Å². The number of hydrogen-bond acceptors (Lipinski definition) is 3. The van der Waals surface area contributed by atoms with E-state index >= 15 is 0 Å². The molecule has 0 aliphatic carbocycles. The number of rotatable bonds is 4. The summed E-state index contributed by atoms with van der Waals surface area (Å²) in [5.41, 5.74) is 1.86. The monoisotopic (exact) mass is 223 g/mol. The molecule has 4 heteroatoms. The Hall–Kier alpha value is -1.71. The third-order valence-corrected chi connectivity index (χ3v) is 2.72. The van der Waals surface area contributed by atoms with Crippen molar-refractivity contribution in [2.24, 2.45) is 0 Å². The average Bonchev–Trinajstić information content (AvgIpc) is 2.26. The van der Waals surface area contributed by atoms with Crippen molar-refractivity contribution in [2.45, 2.75) is 19.9 Å². The summed E-state index contributed by atoms with van der Waals surface area (Å²) in [6.45, 7) is 3.59. The minimum Gasteiger partial charge on any atom is -0.496 e. The van der Waals surface area contributed by atoms with Gasteiger partial charge in [0.05, 0.1) is 7.11 Å². The molecule has 0 aromatic heterocycles. The van der Waals surface area contributed by atoms with E-state index in [1.165, 1.54) is 0 Å². The lowest BCUT2D eigenvalue weighted by Gasteiger charge is -2.24. The number of ether oxygens (including phenoxy) is 1. The minimum absolute atomic E-state index is 0.548. The van der Waals surface area contributed by atoms with Crippen LogP contribution in [-0.2, 0) is 4.79 Å². The first-order valence-corrected chi connectivity index (χ1v) is 5.07. The van der Waals surface area contributed by atoms with Crippen LogP contribution in [0.15, 0.2) is 18.2 Å². The highest BCUT2D eigenvalue weighted by atomic mass is 16.5. The van der Waals surface area contributed by atoms with Crippen LogP contribution in [-0.4, -0.2) is 31.3 Å². The molecule has 1 atom stereocenters. The summed E-state index contributed by atoms with van der Waals surface area (Å²) in [5, 5.41) is 8.92. The van der Waals surface area contributed by atoms with Crippen molar-refractivity contribution in [2.75, 3.05) is 19.1 Å². The van der Waals surface area contributed by atoms with Gasteiger partial charge in [0.15, 0.2) is 0 Å².